The topological polar surface area (TPSA) is 177 Å². The molecular weight excluding hydrogens is 472 g/mol. The third kappa shape index (κ3) is 9.80. The lowest BCUT2D eigenvalue weighted by molar-refractivity contribution is -0.146. The van der Waals surface area contributed by atoms with Gasteiger partial charge < -0.3 is 35.8 Å². The summed E-state index contributed by atoms with van der Waals surface area (Å²) in [5, 5.41) is 14.6. The number of amides is 4. The molecule has 1 rings (SSSR count). The zero-order chi connectivity index (χ0) is 27.6. The van der Waals surface area contributed by atoms with Crippen LogP contribution in [0.5, 0.6) is 5.75 Å². The van der Waals surface area contributed by atoms with E-state index in [4.69, 9.17) is 10.5 Å². The summed E-state index contributed by atoms with van der Waals surface area (Å²) in [5.74, 6) is -2.80. The molecule has 0 heterocycles. The Bertz CT molecular complexity index is 940. The van der Waals surface area contributed by atoms with E-state index in [1.807, 2.05) is 0 Å². The number of hydrogen-bond donors (Lipinski definition) is 4. The molecule has 1 aromatic carbocycles. The third-order valence-electron chi connectivity index (χ3n) is 4.85. The van der Waals surface area contributed by atoms with Crippen molar-refractivity contribution in [2.75, 3.05) is 13.7 Å². The molecule has 0 aliphatic carbocycles. The maximum atomic E-state index is 13.8. The van der Waals surface area contributed by atoms with E-state index in [1.165, 1.54) is 36.3 Å². The number of aromatic hydroxyl groups is 1. The van der Waals surface area contributed by atoms with Crippen LogP contribution in [0.25, 0.3) is 0 Å². The Morgan fingerprint density at radius 1 is 1.08 bits per heavy atom. The van der Waals surface area contributed by atoms with Crippen molar-refractivity contribution in [3.8, 4) is 5.75 Å². The van der Waals surface area contributed by atoms with Crippen molar-refractivity contribution in [3.63, 3.8) is 0 Å². The fraction of sp³-hybridized carbons (Fsp3) is 0.542. The number of alkyl carbamates (subject to hydrolysis) is 1. The number of phenols is 1. The minimum atomic E-state index is -1.25. The number of rotatable bonds is 11. The van der Waals surface area contributed by atoms with Gasteiger partial charge >= 0.3 is 12.1 Å². The normalized spacial score (nSPS) is 12.8. The van der Waals surface area contributed by atoms with Gasteiger partial charge in [0, 0.05) is 12.5 Å². The number of carbonyl (C=O) groups excluding carboxylic acids is 5. The average Bonchev–Trinajstić information content (AvgIpc) is 2.77. The highest BCUT2D eigenvalue weighted by Crippen LogP contribution is 2.27. The Morgan fingerprint density at radius 3 is 2.14 bits per heavy atom. The molecule has 4 amide bonds. The molecule has 0 spiro atoms. The number of methoxy groups -OCH3 is 1. The Kier molecular flexibility index (Phi) is 11.2. The zero-order valence-electron chi connectivity index (χ0n) is 21.5. The first-order valence-corrected chi connectivity index (χ1v) is 11.4. The first-order chi connectivity index (χ1) is 16.7. The summed E-state index contributed by atoms with van der Waals surface area (Å²) >= 11 is 0. The number of benzene rings is 1. The Balaban J connectivity index is 3.43. The number of hydrogen-bond acceptors (Lipinski definition) is 8. The van der Waals surface area contributed by atoms with Crippen molar-refractivity contribution >= 4 is 29.8 Å². The van der Waals surface area contributed by atoms with E-state index in [2.05, 4.69) is 15.4 Å². The number of esters is 1. The second-order valence-electron chi connectivity index (χ2n) is 9.33. The first kappa shape index (κ1) is 30.2. The summed E-state index contributed by atoms with van der Waals surface area (Å²) in [7, 11) is 1.17. The minimum Gasteiger partial charge on any atom is -0.508 e. The lowest BCUT2D eigenvalue weighted by Crippen LogP contribution is -2.55. The van der Waals surface area contributed by atoms with Gasteiger partial charge in [-0.1, -0.05) is 12.1 Å². The van der Waals surface area contributed by atoms with Crippen LogP contribution in [-0.4, -0.2) is 71.1 Å². The summed E-state index contributed by atoms with van der Waals surface area (Å²) in [4.78, 5) is 63.7. The molecule has 1 aromatic rings. The van der Waals surface area contributed by atoms with Crippen LogP contribution in [0.1, 0.15) is 59.1 Å². The summed E-state index contributed by atoms with van der Waals surface area (Å²) in [6.45, 7) is 7.85. The van der Waals surface area contributed by atoms with Gasteiger partial charge in [0.25, 0.3) is 0 Å². The number of ether oxygens (including phenoxy) is 2. The molecule has 0 saturated carbocycles. The van der Waals surface area contributed by atoms with Gasteiger partial charge in [-0.3, -0.25) is 19.2 Å². The quantitative estimate of drug-likeness (QED) is 0.321. The van der Waals surface area contributed by atoms with Crippen molar-refractivity contribution in [2.45, 2.75) is 71.2 Å². The van der Waals surface area contributed by atoms with Crippen LogP contribution in [0, 0.1) is 0 Å². The van der Waals surface area contributed by atoms with Gasteiger partial charge in [-0.2, -0.15) is 0 Å². The molecular formula is C24H36N4O8. The van der Waals surface area contributed by atoms with Gasteiger partial charge in [0.15, 0.2) is 0 Å². The van der Waals surface area contributed by atoms with Crippen molar-refractivity contribution in [1.29, 1.82) is 0 Å². The molecule has 0 aliphatic heterocycles. The molecule has 0 aliphatic rings. The Morgan fingerprint density at radius 2 is 1.67 bits per heavy atom. The van der Waals surface area contributed by atoms with Gasteiger partial charge in [0.2, 0.25) is 17.7 Å². The molecule has 12 nitrogen and oxygen atoms in total. The maximum Gasteiger partial charge on any atom is 0.408 e. The zero-order valence-corrected chi connectivity index (χ0v) is 21.5. The summed E-state index contributed by atoms with van der Waals surface area (Å²) in [6.07, 6.45) is -1.23. The highest BCUT2D eigenvalue weighted by molar-refractivity contribution is 5.93. The molecule has 5 N–H and O–H groups in total. The van der Waals surface area contributed by atoms with E-state index in [0.717, 1.165) is 0 Å². The molecule has 0 radical (unpaired) electrons. The van der Waals surface area contributed by atoms with Gasteiger partial charge in [-0.25, -0.2) is 4.79 Å². The van der Waals surface area contributed by atoms with Crippen LogP contribution in [0.2, 0.25) is 0 Å². The average molecular weight is 509 g/mol. The van der Waals surface area contributed by atoms with Crippen LogP contribution in [-0.2, 0) is 28.7 Å². The Hall–Kier alpha value is -3.83. The maximum absolute atomic E-state index is 13.8. The first-order valence-electron chi connectivity index (χ1n) is 11.4. The highest BCUT2D eigenvalue weighted by Gasteiger charge is 2.38. The number of nitrogens with one attached hydrogen (secondary N) is 2. The predicted molar refractivity (Wildman–Crippen MR) is 129 cm³/mol. The smallest absolute Gasteiger partial charge is 0.408 e. The number of nitrogens with two attached hydrogens (primary N) is 1. The third-order valence-corrected chi connectivity index (χ3v) is 4.85. The molecule has 12 heteroatoms. The van der Waals surface area contributed by atoms with Crippen molar-refractivity contribution in [3.05, 3.63) is 29.8 Å². The van der Waals surface area contributed by atoms with E-state index in [0.29, 0.717) is 5.56 Å². The summed E-state index contributed by atoms with van der Waals surface area (Å²) < 4.78 is 9.81. The van der Waals surface area contributed by atoms with Crippen LogP contribution in [0.15, 0.2) is 24.3 Å². The molecule has 2 unspecified atom stereocenters. The lowest BCUT2D eigenvalue weighted by Gasteiger charge is -2.37. The molecule has 0 saturated heterocycles. The van der Waals surface area contributed by atoms with Crippen molar-refractivity contribution < 1.29 is 38.6 Å². The van der Waals surface area contributed by atoms with E-state index >= 15 is 0 Å². The van der Waals surface area contributed by atoms with Crippen LogP contribution in [0.4, 0.5) is 4.79 Å². The van der Waals surface area contributed by atoms with E-state index in [-0.39, 0.29) is 18.6 Å². The SMILES string of the molecule is COC(=O)CNC(=O)C(c1ccc(O)cc1)N(C(=O)C(CCC(N)=O)NC(=O)OC(C)(C)C)C(C)C. The van der Waals surface area contributed by atoms with Crippen molar-refractivity contribution in [2.24, 2.45) is 5.73 Å². The molecule has 0 aromatic heterocycles. The summed E-state index contributed by atoms with van der Waals surface area (Å²) in [5.41, 5.74) is 4.75. The molecule has 0 bridgehead atoms. The van der Waals surface area contributed by atoms with Gasteiger partial charge in [0.05, 0.1) is 7.11 Å². The molecule has 0 fully saturated rings. The van der Waals surface area contributed by atoms with E-state index in [9.17, 15) is 29.1 Å². The second kappa shape index (κ2) is 13.3. The fourth-order valence-corrected chi connectivity index (χ4v) is 3.28. The Labute approximate surface area is 210 Å². The number of phenolic OH excluding ortho intramolecular Hbond substituents is 1. The standard InChI is InChI=1S/C24H36N4O8/c1-14(2)28(22(33)17(11-12-18(25)30)27-23(34)36-24(3,4)5)20(15-7-9-16(29)10-8-15)21(32)26-13-19(31)35-6/h7-10,14,17,20,29H,11-13H2,1-6H3,(H2,25,30)(H,26,32)(H,27,34). The molecule has 2 atom stereocenters. The van der Waals surface area contributed by atoms with E-state index < -0.39 is 60.1 Å². The number of carbonyl (C=O) groups is 5. The summed E-state index contributed by atoms with van der Waals surface area (Å²) in [6, 6.07) is 2.55. The predicted octanol–water partition coefficient (Wildman–Crippen LogP) is 1.12. The van der Waals surface area contributed by atoms with Crippen LogP contribution in [0.3, 0.4) is 0 Å². The molecule has 36 heavy (non-hydrogen) atoms. The minimum absolute atomic E-state index is 0.0548. The van der Waals surface area contributed by atoms with Crippen molar-refractivity contribution in [1.82, 2.24) is 15.5 Å². The van der Waals surface area contributed by atoms with Gasteiger partial charge in [0.1, 0.15) is 30.0 Å². The van der Waals surface area contributed by atoms with Crippen LogP contribution < -0.4 is 16.4 Å². The largest absolute Gasteiger partial charge is 0.508 e. The monoisotopic (exact) mass is 508 g/mol. The van der Waals surface area contributed by atoms with Gasteiger partial charge in [-0.05, 0) is 58.7 Å². The lowest BCUT2D eigenvalue weighted by atomic mass is 10.00. The van der Waals surface area contributed by atoms with Crippen LogP contribution >= 0.6 is 0 Å². The fourth-order valence-electron chi connectivity index (χ4n) is 3.28. The molecule has 200 valence electrons. The second-order valence-corrected chi connectivity index (χ2v) is 9.33. The van der Waals surface area contributed by atoms with E-state index in [1.54, 1.807) is 34.6 Å². The number of primary amides is 1. The number of nitrogens with zero attached hydrogens (tertiary/aromatic N) is 1. The van der Waals surface area contributed by atoms with Gasteiger partial charge in [-0.15, -0.1) is 0 Å². The highest BCUT2D eigenvalue weighted by atomic mass is 16.6.